The molecule has 0 spiro atoms. The van der Waals surface area contributed by atoms with Crippen molar-refractivity contribution in [3.8, 4) is 22.5 Å². The molecule has 8 nitrogen and oxygen atoms in total. The lowest BCUT2D eigenvalue weighted by molar-refractivity contribution is 0.180. The third-order valence-corrected chi connectivity index (χ3v) is 6.25. The van der Waals surface area contributed by atoms with Gasteiger partial charge in [0.15, 0.2) is 5.82 Å². The molecule has 1 aromatic heterocycles. The molecule has 0 atom stereocenters. The molecule has 0 saturated heterocycles. The molecule has 0 bridgehead atoms. The molecule has 1 saturated carbocycles. The molecule has 3 aliphatic rings. The zero-order chi connectivity index (χ0) is 19.9. The summed E-state index contributed by atoms with van der Waals surface area (Å²) in [4.78, 5) is 8.72. The molecule has 1 aliphatic carbocycles. The van der Waals surface area contributed by atoms with Crippen molar-refractivity contribution in [2.75, 3.05) is 22.3 Å². The molecule has 1 aromatic rings. The van der Waals surface area contributed by atoms with Crippen molar-refractivity contribution in [2.24, 2.45) is 5.92 Å². The summed E-state index contributed by atoms with van der Waals surface area (Å²) in [6.45, 7) is 4.20. The summed E-state index contributed by atoms with van der Waals surface area (Å²) in [6.07, 6.45) is 5.58. The number of sulfonamides is 1. The molecular weight excluding hydrogens is 378 g/mol. The number of hydrogen-bond acceptors (Lipinski definition) is 6. The Balaban J connectivity index is 1.83. The lowest BCUT2D eigenvalue weighted by atomic mass is 9.99. The highest BCUT2D eigenvalue weighted by molar-refractivity contribution is 7.92. The van der Waals surface area contributed by atoms with Gasteiger partial charge in [-0.1, -0.05) is 0 Å². The van der Waals surface area contributed by atoms with E-state index >= 15 is 0 Å². The standard InChI is InChI=1S/C19H23N5O3S/c1-3-28(26,27)23-14-9-17(18(22-11-14)21-10-13-4-5-13)16-8-12(2)24(25)19-15(16)6-7-20-19/h6-9,11,13,23,25H,3-5,10H2,1-2H3,(H,21,22). The topological polar surface area (TPSA) is 109 Å². The van der Waals surface area contributed by atoms with Crippen LogP contribution in [0.15, 0.2) is 30.6 Å². The van der Waals surface area contributed by atoms with E-state index in [9.17, 15) is 13.6 Å². The Kier molecular flexibility index (Phi) is 4.62. The normalized spacial score (nSPS) is 14.4. The molecule has 0 aromatic carbocycles. The van der Waals surface area contributed by atoms with Crippen LogP contribution in [-0.2, 0) is 10.0 Å². The van der Waals surface area contributed by atoms with Gasteiger partial charge in [-0.05, 0) is 56.4 Å². The van der Waals surface area contributed by atoms with E-state index in [0.717, 1.165) is 28.0 Å². The average Bonchev–Trinajstić information content (AvgIpc) is 3.37. The third kappa shape index (κ3) is 3.62. The van der Waals surface area contributed by atoms with Crippen LogP contribution in [0.25, 0.3) is 22.5 Å². The first-order valence-electron chi connectivity index (χ1n) is 9.29. The summed E-state index contributed by atoms with van der Waals surface area (Å²) in [6, 6.07) is 5.45. The minimum absolute atomic E-state index is 0.0179. The van der Waals surface area contributed by atoms with Crippen LogP contribution in [-0.4, -0.2) is 40.6 Å². The first-order chi connectivity index (χ1) is 13.4. The van der Waals surface area contributed by atoms with Gasteiger partial charge in [0.05, 0.1) is 23.3 Å². The van der Waals surface area contributed by atoms with E-state index in [1.54, 1.807) is 26.1 Å². The fraction of sp³-hybridized carbons (Fsp3) is 0.368. The minimum Gasteiger partial charge on any atom is -0.427 e. The maximum atomic E-state index is 12.0. The highest BCUT2D eigenvalue weighted by atomic mass is 32.2. The summed E-state index contributed by atoms with van der Waals surface area (Å²) >= 11 is 0. The van der Waals surface area contributed by atoms with E-state index in [1.165, 1.54) is 19.0 Å². The Bertz CT molecular complexity index is 1090. The van der Waals surface area contributed by atoms with E-state index in [2.05, 4.69) is 20.0 Å². The number of anilines is 2. The Morgan fingerprint density at radius 3 is 2.71 bits per heavy atom. The first-order valence-corrected chi connectivity index (χ1v) is 10.9. The average molecular weight is 401 g/mol. The van der Waals surface area contributed by atoms with Crippen molar-refractivity contribution in [2.45, 2.75) is 26.7 Å². The molecule has 4 rings (SSSR count). The molecule has 3 N–H and O–H groups in total. The van der Waals surface area contributed by atoms with Crippen LogP contribution in [0.5, 0.6) is 0 Å². The van der Waals surface area contributed by atoms with Gasteiger partial charge in [-0.25, -0.2) is 18.4 Å². The quantitative estimate of drug-likeness (QED) is 0.525. The molecule has 28 heavy (non-hydrogen) atoms. The van der Waals surface area contributed by atoms with E-state index in [-0.39, 0.29) is 5.75 Å². The van der Waals surface area contributed by atoms with E-state index < -0.39 is 10.0 Å². The van der Waals surface area contributed by atoms with Crippen LogP contribution in [0.4, 0.5) is 11.5 Å². The number of fused-ring (bicyclic) bond motifs is 1. The second-order valence-electron chi connectivity index (χ2n) is 7.14. The molecule has 9 heteroatoms. The zero-order valence-electron chi connectivity index (χ0n) is 15.8. The number of pyridine rings is 2. The van der Waals surface area contributed by atoms with Gasteiger partial charge >= 0.3 is 0 Å². The number of aryl methyl sites for hydroxylation is 1. The molecule has 0 unspecified atom stereocenters. The molecule has 0 amide bonds. The van der Waals surface area contributed by atoms with Gasteiger partial charge in [0, 0.05) is 23.9 Å². The van der Waals surface area contributed by atoms with Crippen molar-refractivity contribution in [3.63, 3.8) is 0 Å². The third-order valence-electron chi connectivity index (χ3n) is 4.94. The summed E-state index contributed by atoms with van der Waals surface area (Å²) in [5.74, 6) is 1.77. The summed E-state index contributed by atoms with van der Waals surface area (Å²) < 4.78 is 27.6. The predicted molar refractivity (Wildman–Crippen MR) is 108 cm³/mol. The van der Waals surface area contributed by atoms with Crippen LogP contribution >= 0.6 is 0 Å². The second kappa shape index (κ2) is 6.97. The maximum Gasteiger partial charge on any atom is 0.232 e. The number of aromatic nitrogens is 3. The summed E-state index contributed by atoms with van der Waals surface area (Å²) in [5.41, 5.74) is 3.38. The highest BCUT2D eigenvalue weighted by Gasteiger charge is 2.24. The van der Waals surface area contributed by atoms with Crippen LogP contribution in [0.1, 0.15) is 25.5 Å². The van der Waals surface area contributed by atoms with Gasteiger partial charge in [0.25, 0.3) is 0 Å². The Hall–Kier alpha value is -2.81. The highest BCUT2D eigenvalue weighted by Crippen LogP contribution is 2.39. The summed E-state index contributed by atoms with van der Waals surface area (Å²) in [7, 11) is -3.41. The van der Waals surface area contributed by atoms with Gasteiger partial charge in [0.2, 0.25) is 10.0 Å². The van der Waals surface area contributed by atoms with E-state index in [1.807, 2.05) is 12.1 Å². The number of hydrogen-bond donors (Lipinski definition) is 3. The fourth-order valence-electron chi connectivity index (χ4n) is 3.12. The van der Waals surface area contributed by atoms with Crippen LogP contribution in [0.2, 0.25) is 0 Å². The van der Waals surface area contributed by atoms with Gasteiger partial charge in [-0.15, -0.1) is 0 Å². The van der Waals surface area contributed by atoms with E-state index in [0.29, 0.717) is 28.9 Å². The number of nitrogens with zero attached hydrogens (tertiary/aromatic N) is 3. The Morgan fingerprint density at radius 2 is 2.00 bits per heavy atom. The lowest BCUT2D eigenvalue weighted by Gasteiger charge is -2.18. The molecule has 2 aliphatic heterocycles. The fourth-order valence-corrected chi connectivity index (χ4v) is 3.74. The van der Waals surface area contributed by atoms with Crippen molar-refractivity contribution >= 4 is 21.5 Å². The van der Waals surface area contributed by atoms with Crippen molar-refractivity contribution in [1.82, 2.24) is 14.7 Å². The number of nitrogens with one attached hydrogen (secondary N) is 2. The summed E-state index contributed by atoms with van der Waals surface area (Å²) in [5, 5.41) is 13.6. The SMILES string of the molecule is CCS(=O)(=O)Nc1cnc(NCC2CC2)c(-c2cc(C)n(O)c3nccc2-3)c1. The number of rotatable bonds is 7. The van der Waals surface area contributed by atoms with Gasteiger partial charge < -0.3 is 10.5 Å². The first kappa shape index (κ1) is 18.5. The van der Waals surface area contributed by atoms with Crippen LogP contribution in [0, 0.1) is 12.8 Å². The van der Waals surface area contributed by atoms with Crippen molar-refractivity contribution in [3.05, 3.63) is 36.3 Å². The largest absolute Gasteiger partial charge is 0.427 e. The predicted octanol–water partition coefficient (Wildman–Crippen LogP) is 3.18. The Morgan fingerprint density at radius 1 is 1.21 bits per heavy atom. The zero-order valence-corrected chi connectivity index (χ0v) is 16.6. The smallest absolute Gasteiger partial charge is 0.232 e. The van der Waals surface area contributed by atoms with Gasteiger partial charge in [-0.3, -0.25) is 4.72 Å². The minimum atomic E-state index is -3.41. The lowest BCUT2D eigenvalue weighted by Crippen LogP contribution is -2.15. The monoisotopic (exact) mass is 401 g/mol. The van der Waals surface area contributed by atoms with Crippen LogP contribution in [0.3, 0.4) is 0 Å². The molecule has 148 valence electrons. The maximum absolute atomic E-state index is 12.0. The van der Waals surface area contributed by atoms with Gasteiger partial charge in [0.1, 0.15) is 5.82 Å². The molecule has 0 radical (unpaired) electrons. The second-order valence-corrected chi connectivity index (χ2v) is 9.15. The molecule has 3 heterocycles. The van der Waals surface area contributed by atoms with E-state index in [4.69, 9.17) is 0 Å². The Labute approximate surface area is 164 Å². The van der Waals surface area contributed by atoms with Crippen LogP contribution < -0.4 is 10.0 Å². The van der Waals surface area contributed by atoms with Crippen molar-refractivity contribution < 1.29 is 13.6 Å². The van der Waals surface area contributed by atoms with Gasteiger partial charge in [-0.2, -0.15) is 4.73 Å². The molecular formula is C19H23N5O3S. The van der Waals surface area contributed by atoms with Crippen molar-refractivity contribution in [1.29, 1.82) is 0 Å². The molecule has 1 fully saturated rings.